The Morgan fingerprint density at radius 3 is 2.38 bits per heavy atom. The quantitative estimate of drug-likeness (QED) is 0.827. The predicted octanol–water partition coefficient (Wildman–Crippen LogP) is 1.34. The van der Waals surface area contributed by atoms with Crippen molar-refractivity contribution in [2.75, 3.05) is 6.54 Å². The molecule has 1 rings (SSSR count). The third kappa shape index (κ3) is 3.54. The third-order valence-electron chi connectivity index (χ3n) is 1.87. The van der Waals surface area contributed by atoms with Crippen molar-refractivity contribution in [3.63, 3.8) is 0 Å². The third-order valence-corrected chi connectivity index (χ3v) is 1.87. The number of aliphatic hydroxyl groups is 1. The van der Waals surface area contributed by atoms with Crippen molar-refractivity contribution in [3.05, 3.63) is 35.9 Å². The lowest BCUT2D eigenvalue weighted by atomic mass is 10.2. The summed E-state index contributed by atoms with van der Waals surface area (Å²) in [5, 5.41) is 10.6. The van der Waals surface area contributed by atoms with Crippen molar-refractivity contribution in [1.82, 2.24) is 5.32 Å². The molecule has 0 spiro atoms. The van der Waals surface area contributed by atoms with Crippen molar-refractivity contribution in [1.29, 1.82) is 0 Å². The zero-order chi connectivity index (χ0) is 12.2. The van der Waals surface area contributed by atoms with Gasteiger partial charge in [-0.3, -0.25) is 4.79 Å². The Morgan fingerprint density at radius 1 is 1.31 bits per heavy atom. The average Bonchev–Trinajstić information content (AvgIpc) is 2.25. The summed E-state index contributed by atoms with van der Waals surface area (Å²) >= 11 is 0. The van der Waals surface area contributed by atoms with Crippen LogP contribution in [0.25, 0.3) is 0 Å². The fourth-order valence-corrected chi connectivity index (χ4v) is 0.997. The smallest absolute Gasteiger partial charge is 0.382 e. The Hall–Kier alpha value is -1.56. The van der Waals surface area contributed by atoms with Crippen LogP contribution in [0.5, 0.6) is 0 Å². The maximum Gasteiger partial charge on any atom is 0.416 e. The van der Waals surface area contributed by atoms with Gasteiger partial charge in [-0.05, 0) is 12.1 Å². The maximum absolute atomic E-state index is 11.9. The van der Waals surface area contributed by atoms with E-state index in [4.69, 9.17) is 5.11 Å². The Labute approximate surface area is 89.9 Å². The molecule has 1 atom stereocenters. The number of halogens is 3. The molecule has 3 nitrogen and oxygen atoms in total. The average molecular weight is 233 g/mol. The normalized spacial score (nSPS) is 13.2. The summed E-state index contributed by atoms with van der Waals surface area (Å²) < 4.78 is 35.7. The Morgan fingerprint density at radius 2 is 1.88 bits per heavy atom. The minimum absolute atomic E-state index is 0.247. The summed E-state index contributed by atoms with van der Waals surface area (Å²) in [6.45, 7) is -0.850. The minimum Gasteiger partial charge on any atom is -0.382 e. The lowest BCUT2D eigenvalue weighted by Crippen LogP contribution is -2.40. The first-order chi connectivity index (χ1) is 7.41. The van der Waals surface area contributed by atoms with Crippen LogP contribution in [0.3, 0.4) is 0 Å². The molecule has 1 aromatic carbocycles. The molecule has 88 valence electrons. The summed E-state index contributed by atoms with van der Waals surface area (Å²) in [5.74, 6) is -0.649. The van der Waals surface area contributed by atoms with Gasteiger partial charge >= 0.3 is 6.18 Å². The number of carbonyl (C=O) groups excluding carboxylic acids is 1. The molecule has 1 aromatic rings. The van der Waals surface area contributed by atoms with Gasteiger partial charge in [-0.2, -0.15) is 13.2 Å². The van der Waals surface area contributed by atoms with Gasteiger partial charge < -0.3 is 10.4 Å². The van der Waals surface area contributed by atoms with Gasteiger partial charge in [0.25, 0.3) is 5.91 Å². The number of rotatable bonds is 3. The van der Waals surface area contributed by atoms with E-state index in [-0.39, 0.29) is 5.56 Å². The summed E-state index contributed by atoms with van der Waals surface area (Å²) in [7, 11) is 0. The standard InChI is InChI=1S/C10H10F3NO2/c11-10(12,13)8(15)6-14-9(16)7-4-2-1-3-5-7/h1-5,8,15H,6H2,(H,14,16)/t8-/m0/s1. The van der Waals surface area contributed by atoms with Gasteiger partial charge in [-0.25, -0.2) is 0 Å². The van der Waals surface area contributed by atoms with E-state index >= 15 is 0 Å². The predicted molar refractivity (Wildman–Crippen MR) is 50.8 cm³/mol. The van der Waals surface area contributed by atoms with Gasteiger partial charge in [-0.1, -0.05) is 18.2 Å². The van der Waals surface area contributed by atoms with Crippen LogP contribution in [0.4, 0.5) is 13.2 Å². The van der Waals surface area contributed by atoms with Crippen LogP contribution in [0, 0.1) is 0 Å². The van der Waals surface area contributed by atoms with Gasteiger partial charge in [-0.15, -0.1) is 0 Å². The highest BCUT2D eigenvalue weighted by atomic mass is 19.4. The largest absolute Gasteiger partial charge is 0.416 e. The number of amides is 1. The molecule has 0 aromatic heterocycles. The van der Waals surface area contributed by atoms with Crippen molar-refractivity contribution in [2.45, 2.75) is 12.3 Å². The molecule has 1 amide bonds. The Kier molecular flexibility index (Phi) is 3.89. The molecule has 0 aliphatic heterocycles. The molecule has 0 fully saturated rings. The highest BCUT2D eigenvalue weighted by Gasteiger charge is 2.38. The number of nitrogens with one attached hydrogen (secondary N) is 1. The summed E-state index contributed by atoms with van der Waals surface area (Å²) in [6, 6.07) is 7.80. The monoisotopic (exact) mass is 233 g/mol. The topological polar surface area (TPSA) is 49.3 Å². The van der Waals surface area contributed by atoms with Gasteiger partial charge in [0, 0.05) is 5.56 Å². The van der Waals surface area contributed by atoms with Crippen molar-refractivity contribution >= 4 is 5.91 Å². The van der Waals surface area contributed by atoms with Crippen LogP contribution in [-0.2, 0) is 0 Å². The number of hydrogen-bond acceptors (Lipinski definition) is 2. The lowest BCUT2D eigenvalue weighted by Gasteiger charge is -2.14. The van der Waals surface area contributed by atoms with Crippen LogP contribution in [0.15, 0.2) is 30.3 Å². The zero-order valence-corrected chi connectivity index (χ0v) is 8.16. The highest BCUT2D eigenvalue weighted by molar-refractivity contribution is 5.94. The van der Waals surface area contributed by atoms with E-state index in [0.29, 0.717) is 0 Å². The fraction of sp³-hybridized carbons (Fsp3) is 0.300. The molecular weight excluding hydrogens is 223 g/mol. The molecule has 0 bridgehead atoms. The van der Waals surface area contributed by atoms with E-state index in [1.807, 2.05) is 5.32 Å². The summed E-state index contributed by atoms with van der Waals surface area (Å²) in [5.41, 5.74) is 0.247. The second-order valence-corrected chi connectivity index (χ2v) is 3.13. The van der Waals surface area contributed by atoms with Crippen molar-refractivity contribution in [3.8, 4) is 0 Å². The fourth-order valence-electron chi connectivity index (χ4n) is 0.997. The van der Waals surface area contributed by atoms with Gasteiger partial charge in [0.2, 0.25) is 0 Å². The first kappa shape index (κ1) is 12.5. The first-order valence-electron chi connectivity index (χ1n) is 4.49. The number of benzene rings is 1. The number of hydrogen-bond donors (Lipinski definition) is 2. The Balaban J connectivity index is 2.48. The molecule has 0 unspecified atom stereocenters. The SMILES string of the molecule is O=C(NC[C@H](O)C(F)(F)F)c1ccccc1. The lowest BCUT2D eigenvalue weighted by molar-refractivity contribution is -0.201. The first-order valence-corrected chi connectivity index (χ1v) is 4.49. The van der Waals surface area contributed by atoms with Gasteiger partial charge in [0.05, 0.1) is 6.54 Å². The zero-order valence-electron chi connectivity index (χ0n) is 8.16. The summed E-state index contributed by atoms with van der Waals surface area (Å²) in [6.07, 6.45) is -7.26. The molecule has 2 N–H and O–H groups in total. The number of aliphatic hydroxyl groups excluding tert-OH is 1. The molecular formula is C10H10F3NO2. The highest BCUT2D eigenvalue weighted by Crippen LogP contribution is 2.19. The molecule has 16 heavy (non-hydrogen) atoms. The molecule has 0 saturated carbocycles. The number of carbonyl (C=O) groups is 1. The van der Waals surface area contributed by atoms with Crippen LogP contribution in [0.1, 0.15) is 10.4 Å². The second kappa shape index (κ2) is 4.98. The molecule has 0 aliphatic carbocycles. The van der Waals surface area contributed by atoms with Crippen molar-refractivity contribution in [2.24, 2.45) is 0 Å². The van der Waals surface area contributed by atoms with Gasteiger partial charge in [0.1, 0.15) is 0 Å². The van der Waals surface area contributed by atoms with Crippen molar-refractivity contribution < 1.29 is 23.1 Å². The second-order valence-electron chi connectivity index (χ2n) is 3.13. The van der Waals surface area contributed by atoms with E-state index in [9.17, 15) is 18.0 Å². The molecule has 6 heteroatoms. The van der Waals surface area contributed by atoms with Gasteiger partial charge in [0.15, 0.2) is 6.10 Å². The van der Waals surface area contributed by atoms with Crippen LogP contribution in [0.2, 0.25) is 0 Å². The summed E-state index contributed by atoms with van der Waals surface area (Å²) in [4.78, 5) is 11.3. The van der Waals surface area contributed by atoms with E-state index in [1.54, 1.807) is 18.2 Å². The van der Waals surface area contributed by atoms with E-state index < -0.39 is 24.7 Å². The molecule has 0 aliphatic rings. The van der Waals surface area contributed by atoms with E-state index in [1.165, 1.54) is 12.1 Å². The van der Waals surface area contributed by atoms with Crippen LogP contribution >= 0.6 is 0 Å². The molecule has 0 heterocycles. The molecule has 0 radical (unpaired) electrons. The minimum atomic E-state index is -4.72. The van der Waals surface area contributed by atoms with Crippen LogP contribution in [-0.4, -0.2) is 29.8 Å². The van der Waals surface area contributed by atoms with E-state index in [0.717, 1.165) is 0 Å². The van der Waals surface area contributed by atoms with E-state index in [2.05, 4.69) is 0 Å². The maximum atomic E-state index is 11.9. The Bertz CT molecular complexity index is 351. The molecule has 0 saturated heterocycles. The number of alkyl halides is 3. The van der Waals surface area contributed by atoms with Crippen LogP contribution < -0.4 is 5.32 Å².